The first kappa shape index (κ1) is 28.8. The van der Waals surface area contributed by atoms with E-state index in [1.165, 1.54) is 45.4 Å². The van der Waals surface area contributed by atoms with Gasteiger partial charge in [0.25, 0.3) is 5.91 Å². The normalized spacial score (nSPS) is 15.1. The number of Topliss-reactive ketones (excluding diaryl/α,β-unsaturated/α-hetero) is 1. The van der Waals surface area contributed by atoms with Crippen molar-refractivity contribution in [2.24, 2.45) is 0 Å². The molecule has 3 aromatic carbocycles. The summed E-state index contributed by atoms with van der Waals surface area (Å²) in [7, 11) is 0. The molecule has 1 aliphatic heterocycles. The van der Waals surface area contributed by atoms with Gasteiger partial charge in [0.2, 0.25) is 10.9 Å². The summed E-state index contributed by atoms with van der Waals surface area (Å²) in [6.07, 6.45) is 0. The number of thiazole rings is 1. The number of hydrogen-bond donors (Lipinski definition) is 2. The highest BCUT2D eigenvalue weighted by Gasteiger charge is 2.47. The third-order valence-corrected chi connectivity index (χ3v) is 10.2. The fourth-order valence-corrected chi connectivity index (χ4v) is 7.85. The van der Waals surface area contributed by atoms with Crippen molar-refractivity contribution in [3.63, 3.8) is 0 Å². The van der Waals surface area contributed by atoms with Crippen molar-refractivity contribution in [1.29, 1.82) is 0 Å². The van der Waals surface area contributed by atoms with E-state index < -0.39 is 23.5 Å². The average molecular weight is 631 g/mol. The summed E-state index contributed by atoms with van der Waals surface area (Å²) in [6, 6.07) is 17.9. The van der Waals surface area contributed by atoms with E-state index in [0.29, 0.717) is 37.8 Å². The van der Waals surface area contributed by atoms with Crippen molar-refractivity contribution < 1.29 is 24.5 Å². The van der Waals surface area contributed by atoms with E-state index in [4.69, 9.17) is 4.74 Å². The number of rotatable bonds is 9. The first-order valence-corrected chi connectivity index (χ1v) is 16.0. The van der Waals surface area contributed by atoms with Gasteiger partial charge in [0.05, 0.1) is 33.8 Å². The van der Waals surface area contributed by atoms with Gasteiger partial charge in [0.1, 0.15) is 0 Å². The number of nitrogens with zero attached hydrogens (tertiary/aromatic N) is 4. The Morgan fingerprint density at radius 3 is 2.60 bits per heavy atom. The molecule has 218 valence electrons. The molecule has 0 saturated carbocycles. The van der Waals surface area contributed by atoms with Crippen molar-refractivity contribution >= 4 is 62.0 Å². The fraction of sp³-hybridized carbons (Fsp3) is 0.194. The van der Waals surface area contributed by atoms with Crippen LogP contribution in [0.1, 0.15) is 44.5 Å². The second-order valence-corrected chi connectivity index (χ2v) is 13.1. The van der Waals surface area contributed by atoms with Crippen LogP contribution in [0.25, 0.3) is 10.8 Å². The van der Waals surface area contributed by atoms with Crippen LogP contribution >= 0.6 is 34.4 Å². The Kier molecular flexibility index (Phi) is 7.91. The fourth-order valence-electron chi connectivity index (χ4n) is 5.10. The molecule has 0 radical (unpaired) electrons. The minimum Gasteiger partial charge on any atom is -0.504 e. The Balaban J connectivity index is 1.37. The molecule has 3 heterocycles. The number of ketones is 1. The maximum Gasteiger partial charge on any atom is 0.296 e. The first-order chi connectivity index (χ1) is 20.8. The predicted octanol–water partition coefficient (Wildman–Crippen LogP) is 6.94. The molecule has 12 heteroatoms. The summed E-state index contributed by atoms with van der Waals surface area (Å²) in [4.78, 5) is 33.5. The molecule has 6 rings (SSSR count). The van der Waals surface area contributed by atoms with Gasteiger partial charge < -0.3 is 14.9 Å². The van der Waals surface area contributed by atoms with Crippen molar-refractivity contribution in [2.45, 2.75) is 36.9 Å². The molecule has 1 atom stereocenters. The second-order valence-electron chi connectivity index (χ2n) is 9.75. The number of phenols is 1. The highest BCUT2D eigenvalue weighted by Crippen LogP contribution is 2.46. The lowest BCUT2D eigenvalue weighted by molar-refractivity contribution is -0.117. The van der Waals surface area contributed by atoms with E-state index >= 15 is 0 Å². The molecule has 1 unspecified atom stereocenters. The smallest absolute Gasteiger partial charge is 0.296 e. The van der Waals surface area contributed by atoms with Crippen LogP contribution in [0.4, 0.5) is 5.13 Å². The van der Waals surface area contributed by atoms with E-state index in [9.17, 15) is 19.8 Å². The van der Waals surface area contributed by atoms with Gasteiger partial charge in [0.15, 0.2) is 21.6 Å². The van der Waals surface area contributed by atoms with Gasteiger partial charge in [-0.2, -0.15) is 0 Å². The molecule has 1 amide bonds. The van der Waals surface area contributed by atoms with E-state index in [0.717, 1.165) is 16.3 Å². The van der Waals surface area contributed by atoms with Gasteiger partial charge in [-0.3, -0.25) is 14.5 Å². The van der Waals surface area contributed by atoms with Crippen LogP contribution < -0.4 is 9.64 Å². The molecule has 1 aliphatic rings. The molecular weight excluding hydrogens is 605 g/mol. The van der Waals surface area contributed by atoms with E-state index in [2.05, 4.69) is 39.4 Å². The number of ether oxygens (including phenoxy) is 1. The monoisotopic (exact) mass is 630 g/mol. The van der Waals surface area contributed by atoms with Crippen molar-refractivity contribution in [2.75, 3.05) is 11.5 Å². The van der Waals surface area contributed by atoms with Gasteiger partial charge in [-0.15, -0.1) is 21.5 Å². The van der Waals surface area contributed by atoms with E-state index in [1.54, 1.807) is 32.9 Å². The van der Waals surface area contributed by atoms with Crippen LogP contribution in [-0.4, -0.2) is 43.7 Å². The summed E-state index contributed by atoms with van der Waals surface area (Å²) in [5, 5.41) is 33.4. The van der Waals surface area contributed by atoms with Gasteiger partial charge in [-0.25, -0.2) is 4.98 Å². The number of aromatic hydroxyl groups is 1. The number of carbonyl (C=O) groups excluding carboxylic acids is 2. The Morgan fingerprint density at radius 1 is 1.05 bits per heavy atom. The number of anilines is 1. The number of benzene rings is 3. The Hall–Kier alpha value is -4.26. The number of amides is 1. The lowest BCUT2D eigenvalue weighted by Crippen LogP contribution is -2.31. The van der Waals surface area contributed by atoms with Crippen LogP contribution in [0.15, 0.2) is 76.3 Å². The number of thioether (sulfide) groups is 1. The maximum absolute atomic E-state index is 13.9. The van der Waals surface area contributed by atoms with Crippen LogP contribution in [0.5, 0.6) is 11.5 Å². The second kappa shape index (κ2) is 11.8. The summed E-state index contributed by atoms with van der Waals surface area (Å²) >= 11 is 3.89. The number of aliphatic hydroxyl groups excluding tert-OH is 1. The standard InChI is InChI=1S/C31H26N4O5S3/c1-4-40-23-14-19(12-13-22(23)36)25-24(26(37)28-16(2)32-17(3)42-28)27(38)29(39)35(25)30-33-34-31(43-30)41-15-20-10-7-9-18-8-5-6-11-21(18)20/h5-14,25,36,38H,4,15H2,1-3H3. The molecule has 9 nitrogen and oxygen atoms in total. The zero-order valence-electron chi connectivity index (χ0n) is 23.4. The van der Waals surface area contributed by atoms with E-state index in [1.807, 2.05) is 18.2 Å². The minimum absolute atomic E-state index is 0.0838. The summed E-state index contributed by atoms with van der Waals surface area (Å²) in [6.45, 7) is 5.59. The van der Waals surface area contributed by atoms with Crippen LogP contribution in [-0.2, 0) is 10.5 Å². The number of aryl methyl sites for hydroxylation is 2. The third kappa shape index (κ3) is 5.37. The van der Waals surface area contributed by atoms with Gasteiger partial charge >= 0.3 is 0 Å². The molecule has 0 aliphatic carbocycles. The van der Waals surface area contributed by atoms with E-state index in [-0.39, 0.29) is 22.2 Å². The quantitative estimate of drug-likeness (QED) is 0.101. The first-order valence-electron chi connectivity index (χ1n) is 13.4. The Labute approximate surface area is 259 Å². The lowest BCUT2D eigenvalue weighted by atomic mass is 9.95. The van der Waals surface area contributed by atoms with Gasteiger partial charge in [-0.1, -0.05) is 71.6 Å². The number of aromatic nitrogens is 3. The summed E-state index contributed by atoms with van der Waals surface area (Å²) in [5.41, 5.74) is 2.03. The summed E-state index contributed by atoms with van der Waals surface area (Å²) < 4.78 is 6.22. The Bertz CT molecular complexity index is 1910. The molecule has 2 aromatic heterocycles. The molecule has 0 bridgehead atoms. The topological polar surface area (TPSA) is 126 Å². The molecule has 5 aromatic rings. The van der Waals surface area contributed by atoms with Gasteiger partial charge in [-0.05, 0) is 54.8 Å². The van der Waals surface area contributed by atoms with Crippen LogP contribution in [0.3, 0.4) is 0 Å². The average Bonchev–Trinajstić information content (AvgIpc) is 3.68. The predicted molar refractivity (Wildman–Crippen MR) is 168 cm³/mol. The van der Waals surface area contributed by atoms with Crippen LogP contribution in [0.2, 0.25) is 0 Å². The molecular formula is C31H26N4O5S3. The molecule has 0 saturated heterocycles. The Morgan fingerprint density at radius 2 is 1.84 bits per heavy atom. The van der Waals surface area contributed by atoms with Crippen LogP contribution in [0, 0.1) is 13.8 Å². The number of fused-ring (bicyclic) bond motifs is 1. The third-order valence-electron chi connectivity index (χ3n) is 6.99. The SMILES string of the molecule is CCOc1cc(C2C(C(=O)c3sc(C)nc3C)=C(O)C(=O)N2c2nnc(SCc3cccc4ccccc34)s2)ccc1O. The molecule has 0 fully saturated rings. The number of carbonyl (C=O) groups is 2. The summed E-state index contributed by atoms with van der Waals surface area (Å²) in [5.74, 6) is -1.17. The molecule has 2 N–H and O–H groups in total. The molecule has 0 spiro atoms. The lowest BCUT2D eigenvalue weighted by Gasteiger charge is -2.24. The van der Waals surface area contributed by atoms with Crippen molar-refractivity contribution in [3.05, 3.63) is 98.7 Å². The maximum atomic E-state index is 13.9. The zero-order chi connectivity index (χ0) is 30.2. The largest absolute Gasteiger partial charge is 0.504 e. The zero-order valence-corrected chi connectivity index (χ0v) is 25.8. The number of phenolic OH excluding ortho intramolecular Hbond substituents is 1. The minimum atomic E-state index is -1.04. The number of aliphatic hydroxyl groups is 1. The molecule has 43 heavy (non-hydrogen) atoms. The highest BCUT2D eigenvalue weighted by molar-refractivity contribution is 8.00. The van der Waals surface area contributed by atoms with Crippen molar-refractivity contribution in [3.8, 4) is 11.5 Å². The van der Waals surface area contributed by atoms with Gasteiger partial charge in [0, 0.05) is 5.75 Å². The highest BCUT2D eigenvalue weighted by atomic mass is 32.2. The van der Waals surface area contributed by atoms with Crippen molar-refractivity contribution in [1.82, 2.24) is 15.2 Å². The number of hydrogen-bond acceptors (Lipinski definition) is 11.